The Bertz CT molecular complexity index is 1290. The summed E-state index contributed by atoms with van der Waals surface area (Å²) in [6, 6.07) is 0.952. The Hall–Kier alpha value is -3.03. The molecule has 172 valence electrons. The number of fused-ring (bicyclic) bond motifs is 1. The van der Waals surface area contributed by atoms with Crippen LogP contribution in [0.25, 0.3) is 11.0 Å². The second-order valence-corrected chi connectivity index (χ2v) is 9.30. The summed E-state index contributed by atoms with van der Waals surface area (Å²) in [5.74, 6) is -2.24. The van der Waals surface area contributed by atoms with Crippen molar-refractivity contribution in [1.29, 1.82) is 0 Å². The van der Waals surface area contributed by atoms with Crippen molar-refractivity contribution in [3.05, 3.63) is 45.8 Å². The van der Waals surface area contributed by atoms with Crippen LogP contribution in [-0.4, -0.2) is 50.4 Å². The Morgan fingerprint density at radius 3 is 2.72 bits per heavy atom. The molecule has 1 aliphatic carbocycles. The second kappa shape index (κ2) is 8.15. The summed E-state index contributed by atoms with van der Waals surface area (Å²) in [5, 5.41) is -0.144. The van der Waals surface area contributed by atoms with Gasteiger partial charge < -0.3 is 19.4 Å². The molecule has 0 bridgehead atoms. The Kier molecular flexibility index (Phi) is 5.65. The zero-order valence-electron chi connectivity index (χ0n) is 17.4. The minimum Gasteiger partial charge on any atom is -0.341 e. The summed E-state index contributed by atoms with van der Waals surface area (Å²) in [6.45, 7) is 0.649. The maximum Gasteiger partial charge on any atom is 0.359 e. The van der Waals surface area contributed by atoms with Gasteiger partial charge in [0.1, 0.15) is 11.2 Å². The largest absolute Gasteiger partial charge is 0.359 e. The molecule has 32 heavy (non-hydrogen) atoms. The third kappa shape index (κ3) is 4.18. The number of hydrogen-bond donors (Lipinski definition) is 2. The second-order valence-electron chi connectivity index (χ2n) is 7.73. The molecule has 11 nitrogen and oxygen atoms in total. The molecule has 1 saturated carbocycles. The van der Waals surface area contributed by atoms with E-state index >= 15 is 4.39 Å². The summed E-state index contributed by atoms with van der Waals surface area (Å²) in [4.78, 5) is 36.1. The van der Waals surface area contributed by atoms with Crippen molar-refractivity contribution in [3.63, 3.8) is 0 Å². The Labute approximate surface area is 182 Å². The zero-order valence-corrected chi connectivity index (χ0v) is 18.2. The summed E-state index contributed by atoms with van der Waals surface area (Å²) in [5.41, 5.74) is 8.01. The molecular formula is C19H22FN5O6S. The summed E-state index contributed by atoms with van der Waals surface area (Å²) in [7, 11) is -2.68. The zero-order chi connectivity index (χ0) is 23.2. The quantitative estimate of drug-likeness (QED) is 0.433. The number of carbonyl (C=O) groups excluding carboxylic acids is 1. The fourth-order valence-corrected chi connectivity index (χ4v) is 4.00. The number of rotatable bonds is 7. The van der Waals surface area contributed by atoms with Gasteiger partial charge in [-0.15, -0.1) is 0 Å². The predicted molar refractivity (Wildman–Crippen MR) is 113 cm³/mol. The molecule has 13 heteroatoms. The molecule has 0 aromatic carbocycles. The number of pyridine rings is 2. The van der Waals surface area contributed by atoms with Crippen LogP contribution in [0.5, 0.6) is 0 Å². The van der Waals surface area contributed by atoms with E-state index in [0.717, 1.165) is 18.9 Å². The molecule has 2 aliphatic rings. The molecule has 2 aromatic rings. The first-order chi connectivity index (χ1) is 15.1. The van der Waals surface area contributed by atoms with Crippen molar-refractivity contribution in [1.82, 2.24) is 15.0 Å². The highest BCUT2D eigenvalue weighted by atomic mass is 32.2. The van der Waals surface area contributed by atoms with Gasteiger partial charge >= 0.3 is 16.1 Å². The van der Waals surface area contributed by atoms with Gasteiger partial charge in [-0.2, -0.15) is 8.42 Å². The van der Waals surface area contributed by atoms with Crippen LogP contribution < -0.4 is 21.5 Å². The lowest BCUT2D eigenvalue weighted by Gasteiger charge is -2.19. The lowest BCUT2D eigenvalue weighted by Crippen LogP contribution is -2.28. The van der Waals surface area contributed by atoms with Gasteiger partial charge in [0.2, 0.25) is 5.43 Å². The SMILES string of the molecule is CONC1=CN(c2nc3c(cc2F)c(=O)c(C(=O)OS(C)(=O)=O)cn3C2CC2)CC1CN. The van der Waals surface area contributed by atoms with Gasteiger partial charge in [-0.25, -0.2) is 14.2 Å². The highest BCUT2D eigenvalue weighted by Gasteiger charge is 2.31. The summed E-state index contributed by atoms with van der Waals surface area (Å²) < 4.78 is 43.7. The van der Waals surface area contributed by atoms with E-state index in [-0.39, 0.29) is 28.8 Å². The fourth-order valence-electron chi connectivity index (χ4n) is 3.64. The first kappa shape index (κ1) is 22.2. The maximum absolute atomic E-state index is 15.1. The van der Waals surface area contributed by atoms with E-state index in [1.54, 1.807) is 15.7 Å². The standard InChI is InChI=1S/C19H22FN5O6S/c1-30-23-15-9-24(7-10(15)6-21)18-14(20)5-12-16(26)13(19(27)31-32(2,28)29)8-25(11-3-4-11)17(12)22-18/h5,8-11,23H,3-4,6-7,21H2,1-2H3. The first-order valence-electron chi connectivity index (χ1n) is 9.79. The molecule has 1 atom stereocenters. The Morgan fingerprint density at radius 1 is 1.41 bits per heavy atom. The highest BCUT2D eigenvalue weighted by Crippen LogP contribution is 2.37. The molecule has 2 aromatic heterocycles. The number of hydrogen-bond acceptors (Lipinski definition) is 10. The summed E-state index contributed by atoms with van der Waals surface area (Å²) >= 11 is 0. The van der Waals surface area contributed by atoms with Crippen LogP contribution in [0.4, 0.5) is 10.2 Å². The van der Waals surface area contributed by atoms with Gasteiger partial charge in [-0.05, 0) is 18.9 Å². The molecule has 3 N–H and O–H groups in total. The van der Waals surface area contributed by atoms with Crippen molar-refractivity contribution in [3.8, 4) is 0 Å². The molecule has 3 heterocycles. The van der Waals surface area contributed by atoms with Crippen LogP contribution in [0, 0.1) is 11.7 Å². The van der Waals surface area contributed by atoms with Crippen LogP contribution >= 0.6 is 0 Å². The average molecular weight is 467 g/mol. The van der Waals surface area contributed by atoms with Crippen LogP contribution in [0.3, 0.4) is 0 Å². The molecule has 1 aliphatic heterocycles. The van der Waals surface area contributed by atoms with Gasteiger partial charge in [-0.3, -0.25) is 15.1 Å². The molecule has 0 amide bonds. The van der Waals surface area contributed by atoms with E-state index in [2.05, 4.69) is 14.6 Å². The van der Waals surface area contributed by atoms with Crippen molar-refractivity contribution < 1.29 is 26.6 Å². The van der Waals surface area contributed by atoms with Crippen LogP contribution in [0.1, 0.15) is 29.2 Å². The lowest BCUT2D eigenvalue weighted by molar-refractivity contribution is 0.0746. The molecule has 1 fully saturated rings. The summed E-state index contributed by atoms with van der Waals surface area (Å²) in [6.07, 6.45) is 5.10. The van der Waals surface area contributed by atoms with E-state index in [1.807, 2.05) is 0 Å². The number of halogens is 1. The minimum atomic E-state index is -4.13. The Morgan fingerprint density at radius 2 is 2.12 bits per heavy atom. The third-order valence-corrected chi connectivity index (χ3v) is 5.71. The number of aromatic nitrogens is 2. The third-order valence-electron chi connectivity index (χ3n) is 5.25. The smallest absolute Gasteiger partial charge is 0.341 e. The number of nitrogens with zero attached hydrogens (tertiary/aromatic N) is 3. The van der Waals surface area contributed by atoms with Crippen LogP contribution in [-0.2, 0) is 19.1 Å². The topological polar surface area (TPSA) is 146 Å². The van der Waals surface area contributed by atoms with Crippen molar-refractivity contribution >= 4 is 32.9 Å². The van der Waals surface area contributed by atoms with Crippen LogP contribution in [0.2, 0.25) is 0 Å². The number of hydroxylamine groups is 1. The number of nitrogens with one attached hydrogen (secondary N) is 1. The normalized spacial score (nSPS) is 18.7. The number of carbonyl (C=O) groups is 1. The first-order valence-corrected chi connectivity index (χ1v) is 11.6. The monoisotopic (exact) mass is 467 g/mol. The average Bonchev–Trinajstić information content (AvgIpc) is 3.47. The predicted octanol–water partition coefficient (Wildman–Crippen LogP) is 0.374. The van der Waals surface area contributed by atoms with E-state index < -0.39 is 32.9 Å². The van der Waals surface area contributed by atoms with E-state index in [9.17, 15) is 18.0 Å². The molecule has 0 saturated heterocycles. The number of nitrogens with two attached hydrogens (primary N) is 1. The van der Waals surface area contributed by atoms with Crippen LogP contribution in [0.15, 0.2) is 29.0 Å². The van der Waals surface area contributed by atoms with Gasteiger partial charge in [0.25, 0.3) is 0 Å². The molecule has 1 unspecified atom stereocenters. The van der Waals surface area contributed by atoms with Gasteiger partial charge in [0, 0.05) is 37.4 Å². The van der Waals surface area contributed by atoms with Gasteiger partial charge in [0.15, 0.2) is 11.6 Å². The fraction of sp³-hybridized carbons (Fsp3) is 0.421. The molecule has 4 rings (SSSR count). The van der Waals surface area contributed by atoms with E-state index in [1.165, 1.54) is 13.3 Å². The van der Waals surface area contributed by atoms with E-state index in [0.29, 0.717) is 25.0 Å². The minimum absolute atomic E-state index is 0.0101. The van der Waals surface area contributed by atoms with Gasteiger partial charge in [0.05, 0.1) is 24.4 Å². The van der Waals surface area contributed by atoms with Crippen molar-refractivity contribution in [2.24, 2.45) is 11.7 Å². The molecular weight excluding hydrogens is 445 g/mol. The van der Waals surface area contributed by atoms with Crippen molar-refractivity contribution in [2.45, 2.75) is 18.9 Å². The lowest BCUT2D eigenvalue weighted by atomic mass is 10.1. The highest BCUT2D eigenvalue weighted by molar-refractivity contribution is 7.86. The number of anilines is 1. The van der Waals surface area contributed by atoms with E-state index in [4.69, 9.17) is 10.6 Å². The van der Waals surface area contributed by atoms with Gasteiger partial charge in [-0.1, -0.05) is 0 Å². The molecule has 0 spiro atoms. The molecule has 0 radical (unpaired) electrons. The maximum atomic E-state index is 15.1. The Balaban J connectivity index is 1.84. The van der Waals surface area contributed by atoms with Crippen molar-refractivity contribution in [2.75, 3.05) is 31.4 Å².